The number of hydrogen-bond donors (Lipinski definition) is 2. The molecule has 2 heterocycles. The molecule has 7 heteroatoms. The highest BCUT2D eigenvalue weighted by Crippen LogP contribution is 2.22. The third kappa shape index (κ3) is 4.59. The number of nitrogens with two attached hydrogens (primary N) is 1. The molecule has 0 aliphatic rings. The molecular weight excluding hydrogens is 398 g/mol. The number of nitrogens with one attached hydrogen (secondary N) is 1. The van der Waals surface area contributed by atoms with Gasteiger partial charge in [0.25, 0.3) is 0 Å². The monoisotopic (exact) mass is 419 g/mol. The summed E-state index contributed by atoms with van der Waals surface area (Å²) in [5.41, 5.74) is 2.59. The molecule has 0 radical (unpaired) electrons. The van der Waals surface area contributed by atoms with Crippen molar-refractivity contribution in [3.63, 3.8) is 0 Å². The fraction of sp³-hybridized carbons (Fsp3) is 0.0870. The van der Waals surface area contributed by atoms with Gasteiger partial charge in [0.05, 0.1) is 17.0 Å². The van der Waals surface area contributed by atoms with Gasteiger partial charge in [-0.2, -0.15) is 0 Å². The summed E-state index contributed by atoms with van der Waals surface area (Å²) in [6.07, 6.45) is 3.79. The normalized spacial score (nSPS) is 11.9. The molecule has 6 nitrogen and oxygen atoms in total. The Bertz CT molecular complexity index is 1340. The van der Waals surface area contributed by atoms with Crippen molar-refractivity contribution in [3.8, 4) is 0 Å². The lowest BCUT2D eigenvalue weighted by Gasteiger charge is -2.07. The summed E-state index contributed by atoms with van der Waals surface area (Å²) in [7, 11) is -3.73. The number of hydrogen-bond acceptors (Lipinski definition) is 5. The maximum Gasteiger partial charge on any atom is 0.238 e. The van der Waals surface area contributed by atoms with Crippen molar-refractivity contribution in [2.75, 3.05) is 5.32 Å². The Labute approximate surface area is 175 Å². The lowest BCUT2D eigenvalue weighted by atomic mass is 10.1. The van der Waals surface area contributed by atoms with Crippen molar-refractivity contribution in [2.45, 2.75) is 18.4 Å². The van der Waals surface area contributed by atoms with Crippen molar-refractivity contribution in [2.24, 2.45) is 5.14 Å². The smallest absolute Gasteiger partial charge is 0.238 e. The second-order valence-corrected chi connectivity index (χ2v) is 8.49. The highest BCUT2D eigenvalue weighted by molar-refractivity contribution is 7.89. The lowest BCUT2D eigenvalue weighted by Crippen LogP contribution is -2.11. The first-order valence-corrected chi connectivity index (χ1v) is 10.9. The van der Waals surface area contributed by atoms with E-state index in [1.807, 2.05) is 67.6 Å². The molecule has 2 aromatic heterocycles. The summed E-state index contributed by atoms with van der Waals surface area (Å²) < 4.78 is 28.7. The number of nitrogens with zero attached hydrogens (tertiary/aromatic N) is 1. The number of aromatic nitrogens is 1. The quantitative estimate of drug-likeness (QED) is 0.446. The van der Waals surface area contributed by atoms with Crippen molar-refractivity contribution in [1.29, 1.82) is 0 Å². The molecule has 152 valence electrons. The highest BCUT2D eigenvalue weighted by Gasteiger charge is 2.07. The molecule has 0 aliphatic carbocycles. The van der Waals surface area contributed by atoms with Gasteiger partial charge < -0.3 is 9.73 Å². The number of anilines is 1. The van der Waals surface area contributed by atoms with Gasteiger partial charge in [-0.3, -0.25) is 0 Å². The number of sulfonamides is 1. The van der Waals surface area contributed by atoms with Gasteiger partial charge in [-0.15, -0.1) is 0 Å². The van der Waals surface area contributed by atoms with Crippen LogP contribution in [0.2, 0.25) is 0 Å². The number of benzene rings is 2. The number of aryl methyl sites for hydroxylation is 1. The van der Waals surface area contributed by atoms with Crippen LogP contribution in [0.4, 0.5) is 5.82 Å². The molecule has 30 heavy (non-hydrogen) atoms. The molecule has 3 N–H and O–H groups in total. The second-order valence-electron chi connectivity index (χ2n) is 6.93. The maximum absolute atomic E-state index is 11.5. The van der Waals surface area contributed by atoms with E-state index >= 15 is 0 Å². The van der Waals surface area contributed by atoms with Gasteiger partial charge in [-0.25, -0.2) is 18.5 Å². The fourth-order valence-corrected chi connectivity index (χ4v) is 3.73. The minimum absolute atomic E-state index is 0.0895. The standard InChI is InChI=1S/C23H21N3O3S/c1-16-8-11-19(29-16)15-25-23-13-12-21-18(5-3-7-22(21)26-23)10-9-17-4-2-6-20(14-17)30(24,27)28/h2-14H,15H2,1H3,(H,25,26)(H2,24,27,28)/b10-9+. The van der Waals surface area contributed by atoms with Crippen LogP contribution in [0, 0.1) is 6.92 Å². The van der Waals surface area contributed by atoms with Gasteiger partial charge in [0, 0.05) is 5.39 Å². The summed E-state index contributed by atoms with van der Waals surface area (Å²) >= 11 is 0. The predicted octanol–water partition coefficient (Wildman–Crippen LogP) is 4.57. The van der Waals surface area contributed by atoms with Crippen molar-refractivity contribution in [3.05, 3.63) is 89.4 Å². The van der Waals surface area contributed by atoms with Gasteiger partial charge in [0.1, 0.15) is 17.3 Å². The van der Waals surface area contributed by atoms with E-state index in [4.69, 9.17) is 9.56 Å². The number of furan rings is 1. The van der Waals surface area contributed by atoms with Gasteiger partial charge in [-0.05, 0) is 60.5 Å². The first kappa shape index (κ1) is 19.9. The predicted molar refractivity (Wildman–Crippen MR) is 119 cm³/mol. The van der Waals surface area contributed by atoms with Crippen LogP contribution in [0.15, 0.2) is 76.0 Å². The van der Waals surface area contributed by atoms with Crippen molar-refractivity contribution >= 4 is 38.9 Å². The molecule has 0 spiro atoms. The van der Waals surface area contributed by atoms with Gasteiger partial charge in [0.2, 0.25) is 10.0 Å². The average molecular weight is 420 g/mol. The van der Waals surface area contributed by atoms with Crippen LogP contribution >= 0.6 is 0 Å². The Morgan fingerprint density at radius 1 is 1.03 bits per heavy atom. The lowest BCUT2D eigenvalue weighted by molar-refractivity contribution is 0.490. The van der Waals surface area contributed by atoms with Crippen LogP contribution in [0.25, 0.3) is 23.1 Å². The zero-order valence-electron chi connectivity index (χ0n) is 16.4. The number of fused-ring (bicyclic) bond motifs is 1. The summed E-state index contributed by atoms with van der Waals surface area (Å²) in [5, 5.41) is 9.48. The highest BCUT2D eigenvalue weighted by atomic mass is 32.2. The van der Waals surface area contributed by atoms with Crippen LogP contribution in [-0.4, -0.2) is 13.4 Å². The minimum atomic E-state index is -3.73. The number of primary sulfonamides is 1. The molecule has 0 aliphatic heterocycles. The first-order valence-electron chi connectivity index (χ1n) is 9.38. The topological polar surface area (TPSA) is 98.2 Å². The number of rotatable bonds is 6. The average Bonchev–Trinajstić information content (AvgIpc) is 3.15. The van der Waals surface area contributed by atoms with Crippen molar-refractivity contribution in [1.82, 2.24) is 4.98 Å². The Kier molecular flexibility index (Phi) is 5.39. The van der Waals surface area contributed by atoms with E-state index in [9.17, 15) is 8.42 Å². The molecule has 0 fully saturated rings. The largest absolute Gasteiger partial charge is 0.465 e. The van der Waals surface area contributed by atoms with E-state index in [2.05, 4.69) is 10.3 Å². The molecule has 0 unspecified atom stereocenters. The van der Waals surface area contributed by atoms with E-state index in [1.54, 1.807) is 12.1 Å². The maximum atomic E-state index is 11.5. The summed E-state index contributed by atoms with van der Waals surface area (Å²) in [5.74, 6) is 2.50. The molecular formula is C23H21N3O3S. The van der Waals surface area contributed by atoms with Crippen LogP contribution < -0.4 is 10.5 Å². The Balaban J connectivity index is 1.57. The molecule has 4 rings (SSSR count). The second kappa shape index (κ2) is 8.14. The Hall–Kier alpha value is -3.42. The van der Waals surface area contributed by atoms with Gasteiger partial charge in [0.15, 0.2) is 0 Å². The van der Waals surface area contributed by atoms with Crippen LogP contribution in [0.5, 0.6) is 0 Å². The zero-order valence-corrected chi connectivity index (χ0v) is 17.2. The SMILES string of the molecule is Cc1ccc(CNc2ccc3c(/C=C/c4cccc(S(N)(=O)=O)c4)cccc3n2)o1. The summed E-state index contributed by atoms with van der Waals surface area (Å²) in [6, 6.07) is 20.2. The third-order valence-corrected chi connectivity index (χ3v) is 5.56. The van der Waals surface area contributed by atoms with Crippen LogP contribution in [0.3, 0.4) is 0 Å². The molecule has 4 aromatic rings. The van der Waals surface area contributed by atoms with Crippen LogP contribution in [0.1, 0.15) is 22.6 Å². The van der Waals surface area contributed by atoms with Gasteiger partial charge in [-0.1, -0.05) is 36.4 Å². The summed E-state index contributed by atoms with van der Waals surface area (Å²) in [6.45, 7) is 2.48. The van der Waals surface area contributed by atoms with E-state index in [1.165, 1.54) is 6.07 Å². The molecule has 0 amide bonds. The fourth-order valence-electron chi connectivity index (χ4n) is 3.16. The van der Waals surface area contributed by atoms with E-state index in [0.29, 0.717) is 6.54 Å². The van der Waals surface area contributed by atoms with Crippen LogP contribution in [-0.2, 0) is 16.6 Å². The molecule has 0 atom stereocenters. The minimum Gasteiger partial charge on any atom is -0.465 e. The third-order valence-electron chi connectivity index (χ3n) is 4.65. The molecule has 0 saturated carbocycles. The number of pyridine rings is 1. The van der Waals surface area contributed by atoms with Gasteiger partial charge >= 0.3 is 0 Å². The summed E-state index contributed by atoms with van der Waals surface area (Å²) in [4.78, 5) is 4.77. The van der Waals surface area contributed by atoms with E-state index in [-0.39, 0.29) is 4.90 Å². The Morgan fingerprint density at radius 2 is 1.87 bits per heavy atom. The Morgan fingerprint density at radius 3 is 2.63 bits per heavy atom. The van der Waals surface area contributed by atoms with E-state index < -0.39 is 10.0 Å². The first-order chi connectivity index (χ1) is 14.4. The molecule has 0 bridgehead atoms. The molecule has 0 saturated heterocycles. The van der Waals surface area contributed by atoms with Crippen molar-refractivity contribution < 1.29 is 12.8 Å². The molecule has 2 aromatic carbocycles. The van der Waals surface area contributed by atoms with E-state index in [0.717, 1.165) is 39.4 Å². The zero-order chi connectivity index (χ0) is 21.1.